The van der Waals surface area contributed by atoms with Gasteiger partial charge < -0.3 is 10.2 Å². The summed E-state index contributed by atoms with van der Waals surface area (Å²) in [5.41, 5.74) is 2.47. The molecule has 0 bridgehead atoms. The van der Waals surface area contributed by atoms with Crippen molar-refractivity contribution in [2.75, 3.05) is 17.4 Å². The molecule has 44 heavy (non-hydrogen) atoms. The minimum absolute atomic E-state index is 0.0230. The van der Waals surface area contributed by atoms with E-state index in [4.69, 9.17) is 0 Å². The lowest BCUT2D eigenvalue weighted by Gasteiger charge is -2.34. The minimum Gasteiger partial charge on any atom is -0.354 e. The summed E-state index contributed by atoms with van der Waals surface area (Å²) in [6, 6.07) is 29.0. The number of anilines is 1. The maximum Gasteiger partial charge on any atom is 0.264 e. The van der Waals surface area contributed by atoms with Gasteiger partial charge in [0.05, 0.1) is 10.6 Å². The zero-order chi connectivity index (χ0) is 31.5. The molecule has 4 aromatic rings. The summed E-state index contributed by atoms with van der Waals surface area (Å²) >= 11 is 0. The number of aryl methyl sites for hydroxylation is 1. The molecule has 9 heteroatoms. The number of unbranched alkanes of at least 4 members (excludes halogenated alkanes) is 1. The van der Waals surface area contributed by atoms with E-state index in [1.165, 1.54) is 29.2 Å². The van der Waals surface area contributed by atoms with Crippen molar-refractivity contribution in [2.45, 2.75) is 50.6 Å². The average molecular weight is 616 g/mol. The van der Waals surface area contributed by atoms with Crippen LogP contribution in [0.3, 0.4) is 0 Å². The van der Waals surface area contributed by atoms with Crippen molar-refractivity contribution in [3.63, 3.8) is 0 Å². The quantitative estimate of drug-likeness (QED) is 0.179. The number of hydrogen-bond donors (Lipinski definition) is 1. The first-order valence-electron chi connectivity index (χ1n) is 14.7. The summed E-state index contributed by atoms with van der Waals surface area (Å²) in [4.78, 5) is 29.6. The molecule has 0 saturated heterocycles. The van der Waals surface area contributed by atoms with Gasteiger partial charge in [0.2, 0.25) is 11.8 Å². The molecular weight excluding hydrogens is 577 g/mol. The van der Waals surface area contributed by atoms with E-state index in [0.717, 1.165) is 22.7 Å². The van der Waals surface area contributed by atoms with Gasteiger partial charge in [-0.05, 0) is 60.4 Å². The van der Waals surface area contributed by atoms with Crippen LogP contribution in [0.2, 0.25) is 0 Å². The van der Waals surface area contributed by atoms with E-state index in [0.29, 0.717) is 23.4 Å². The van der Waals surface area contributed by atoms with E-state index < -0.39 is 34.3 Å². The molecule has 0 heterocycles. The highest BCUT2D eigenvalue weighted by Crippen LogP contribution is 2.27. The molecule has 2 amide bonds. The van der Waals surface area contributed by atoms with Crippen molar-refractivity contribution in [3.05, 3.63) is 132 Å². The van der Waals surface area contributed by atoms with Crippen LogP contribution in [0.25, 0.3) is 0 Å². The molecule has 1 atom stereocenters. The Kier molecular flexibility index (Phi) is 11.3. The lowest BCUT2D eigenvalue weighted by molar-refractivity contribution is -0.140. The summed E-state index contributed by atoms with van der Waals surface area (Å²) in [6.07, 6.45) is 1.86. The Bertz CT molecular complexity index is 1630. The third-order valence-electron chi connectivity index (χ3n) is 7.36. The predicted molar refractivity (Wildman–Crippen MR) is 171 cm³/mol. The number of amides is 2. The van der Waals surface area contributed by atoms with Crippen LogP contribution in [-0.4, -0.2) is 44.3 Å². The first-order chi connectivity index (χ1) is 21.2. The summed E-state index contributed by atoms with van der Waals surface area (Å²) < 4.78 is 43.0. The topological polar surface area (TPSA) is 86.8 Å². The van der Waals surface area contributed by atoms with Crippen LogP contribution >= 0.6 is 0 Å². The highest BCUT2D eigenvalue weighted by atomic mass is 32.2. The zero-order valence-corrected chi connectivity index (χ0v) is 25.8. The van der Waals surface area contributed by atoms with Gasteiger partial charge in [-0.25, -0.2) is 12.8 Å². The molecule has 7 nitrogen and oxygen atoms in total. The number of nitrogens with one attached hydrogen (secondary N) is 1. The van der Waals surface area contributed by atoms with Gasteiger partial charge in [-0.3, -0.25) is 13.9 Å². The number of para-hydroxylation sites is 1. The van der Waals surface area contributed by atoms with Gasteiger partial charge in [-0.15, -0.1) is 0 Å². The molecule has 0 radical (unpaired) electrons. The second kappa shape index (κ2) is 15.3. The number of benzene rings is 4. The highest BCUT2D eigenvalue weighted by molar-refractivity contribution is 7.92. The third kappa shape index (κ3) is 8.32. The van der Waals surface area contributed by atoms with Gasteiger partial charge in [0.15, 0.2) is 0 Å². The van der Waals surface area contributed by atoms with E-state index >= 15 is 0 Å². The molecule has 230 valence electrons. The fraction of sp³-hybridized carbons (Fsp3) is 0.257. The van der Waals surface area contributed by atoms with Crippen LogP contribution in [0.5, 0.6) is 0 Å². The van der Waals surface area contributed by atoms with Crippen molar-refractivity contribution in [1.29, 1.82) is 0 Å². The van der Waals surface area contributed by atoms with Crippen LogP contribution in [-0.2, 0) is 32.6 Å². The maximum absolute atomic E-state index is 14.4. The van der Waals surface area contributed by atoms with Crippen LogP contribution < -0.4 is 9.62 Å². The van der Waals surface area contributed by atoms with Crippen molar-refractivity contribution in [1.82, 2.24) is 10.2 Å². The minimum atomic E-state index is -4.17. The van der Waals surface area contributed by atoms with Crippen molar-refractivity contribution >= 4 is 27.5 Å². The average Bonchev–Trinajstić information content (AvgIpc) is 3.03. The third-order valence-corrected chi connectivity index (χ3v) is 9.14. The van der Waals surface area contributed by atoms with Crippen molar-refractivity contribution < 1.29 is 22.4 Å². The van der Waals surface area contributed by atoms with Crippen molar-refractivity contribution in [3.8, 4) is 0 Å². The van der Waals surface area contributed by atoms with E-state index in [9.17, 15) is 22.4 Å². The highest BCUT2D eigenvalue weighted by Gasteiger charge is 2.35. The van der Waals surface area contributed by atoms with Gasteiger partial charge >= 0.3 is 0 Å². The lowest BCUT2D eigenvalue weighted by atomic mass is 10.0. The standard InChI is InChI=1S/C35H38FN3O4S/c1-3-4-23-37-35(41)33(24-28-14-7-5-8-15-28)38(25-29-19-21-30(36)22-20-29)34(40)26-39(32-18-12-11-13-27(32)2)44(42,43)31-16-9-6-10-17-31/h5-22,33H,3-4,23-26H2,1-2H3,(H,37,41)/t33-/m1/s1. The Morgan fingerprint density at radius 1 is 0.818 bits per heavy atom. The largest absolute Gasteiger partial charge is 0.354 e. The monoisotopic (exact) mass is 615 g/mol. The fourth-order valence-corrected chi connectivity index (χ4v) is 6.42. The summed E-state index contributed by atoms with van der Waals surface area (Å²) in [5.74, 6) is -1.33. The fourth-order valence-electron chi connectivity index (χ4n) is 4.92. The van der Waals surface area contributed by atoms with E-state index in [1.807, 2.05) is 37.3 Å². The zero-order valence-electron chi connectivity index (χ0n) is 25.0. The van der Waals surface area contributed by atoms with Gasteiger partial charge in [0.1, 0.15) is 18.4 Å². The van der Waals surface area contributed by atoms with Crippen LogP contribution in [0, 0.1) is 12.7 Å². The Hall–Kier alpha value is -4.50. The predicted octanol–water partition coefficient (Wildman–Crippen LogP) is 5.89. The van der Waals surface area contributed by atoms with Gasteiger partial charge in [0, 0.05) is 19.5 Å². The first kappa shape index (κ1) is 32.4. The van der Waals surface area contributed by atoms with E-state index in [1.54, 1.807) is 61.5 Å². The summed E-state index contributed by atoms with van der Waals surface area (Å²) in [7, 11) is -4.17. The molecule has 0 aliphatic heterocycles. The molecule has 0 spiro atoms. The molecule has 0 saturated carbocycles. The molecule has 0 aromatic heterocycles. The number of carbonyl (C=O) groups is 2. The molecule has 0 aliphatic rings. The number of halogens is 1. The molecule has 0 unspecified atom stereocenters. The molecule has 1 N–H and O–H groups in total. The second-order valence-corrected chi connectivity index (χ2v) is 12.5. The Morgan fingerprint density at radius 3 is 2.07 bits per heavy atom. The Labute approximate surface area is 259 Å². The summed E-state index contributed by atoms with van der Waals surface area (Å²) in [6.45, 7) is 3.67. The smallest absolute Gasteiger partial charge is 0.264 e. The maximum atomic E-state index is 14.4. The molecule has 0 fully saturated rings. The number of nitrogens with zero attached hydrogens (tertiary/aromatic N) is 2. The first-order valence-corrected chi connectivity index (χ1v) is 16.1. The normalized spacial score (nSPS) is 11.9. The number of sulfonamides is 1. The molecule has 4 aromatic carbocycles. The number of carbonyl (C=O) groups excluding carboxylic acids is 2. The second-order valence-electron chi connectivity index (χ2n) is 10.6. The van der Waals surface area contributed by atoms with Crippen molar-refractivity contribution in [2.24, 2.45) is 0 Å². The van der Waals surface area contributed by atoms with Crippen LogP contribution in [0.15, 0.2) is 114 Å². The summed E-state index contributed by atoms with van der Waals surface area (Å²) in [5, 5.41) is 2.96. The Balaban J connectivity index is 1.78. The van der Waals surface area contributed by atoms with Gasteiger partial charge in [-0.1, -0.05) is 92.2 Å². The van der Waals surface area contributed by atoms with Gasteiger partial charge in [-0.2, -0.15) is 0 Å². The molecule has 0 aliphatic carbocycles. The van der Waals surface area contributed by atoms with Crippen LogP contribution in [0.4, 0.5) is 10.1 Å². The van der Waals surface area contributed by atoms with E-state index in [-0.39, 0.29) is 23.8 Å². The molecular formula is C35H38FN3O4S. The number of hydrogen-bond acceptors (Lipinski definition) is 4. The van der Waals surface area contributed by atoms with Crippen LogP contribution in [0.1, 0.15) is 36.5 Å². The Morgan fingerprint density at radius 2 is 1.43 bits per heavy atom. The number of rotatable bonds is 14. The van der Waals surface area contributed by atoms with Gasteiger partial charge in [0.25, 0.3) is 10.0 Å². The SMILES string of the molecule is CCCCNC(=O)[C@@H](Cc1ccccc1)N(Cc1ccc(F)cc1)C(=O)CN(c1ccccc1C)S(=O)(=O)c1ccccc1. The van der Waals surface area contributed by atoms with E-state index in [2.05, 4.69) is 5.32 Å². The molecule has 4 rings (SSSR count). The lowest BCUT2D eigenvalue weighted by Crippen LogP contribution is -2.53.